The molecule has 1 aliphatic rings. The number of fused-ring (bicyclic) bond motifs is 1. The molecule has 0 radical (unpaired) electrons. The van der Waals surface area contributed by atoms with Gasteiger partial charge in [0, 0.05) is 23.2 Å². The summed E-state index contributed by atoms with van der Waals surface area (Å²) >= 11 is 0. The lowest BCUT2D eigenvalue weighted by atomic mass is 9.93. The van der Waals surface area contributed by atoms with Gasteiger partial charge in [-0.15, -0.1) is 0 Å². The molecule has 6 heteroatoms. The SMILES string of the molecule is Cc1cc(C(N)=O)c(N[C@H]2COC[C@H]2Cc2ccnc3ccccc23)nc1C. The fourth-order valence-corrected chi connectivity index (χ4v) is 3.75. The van der Waals surface area contributed by atoms with Crippen LogP contribution in [-0.4, -0.2) is 35.1 Å². The Balaban J connectivity index is 1.59. The molecular weight excluding hydrogens is 352 g/mol. The third-order valence-corrected chi connectivity index (χ3v) is 5.47. The van der Waals surface area contributed by atoms with E-state index in [1.807, 2.05) is 38.2 Å². The number of amides is 1. The van der Waals surface area contributed by atoms with E-state index in [9.17, 15) is 4.79 Å². The van der Waals surface area contributed by atoms with Gasteiger partial charge in [0.05, 0.1) is 30.3 Å². The number of aryl methyl sites for hydroxylation is 2. The number of anilines is 1. The van der Waals surface area contributed by atoms with Crippen molar-refractivity contribution in [1.29, 1.82) is 0 Å². The second-order valence-electron chi connectivity index (χ2n) is 7.39. The molecule has 4 rings (SSSR count). The zero-order valence-corrected chi connectivity index (χ0v) is 16.1. The maximum Gasteiger partial charge on any atom is 0.252 e. The van der Waals surface area contributed by atoms with Crippen LogP contribution in [0, 0.1) is 19.8 Å². The highest BCUT2D eigenvalue weighted by Crippen LogP contribution is 2.27. The summed E-state index contributed by atoms with van der Waals surface area (Å²) in [5.74, 6) is 0.319. The molecule has 1 aromatic carbocycles. The number of hydrogen-bond donors (Lipinski definition) is 2. The Morgan fingerprint density at radius 3 is 2.89 bits per heavy atom. The number of primary amides is 1. The molecule has 0 aliphatic carbocycles. The molecule has 1 amide bonds. The molecule has 1 fully saturated rings. The number of nitrogens with zero attached hydrogens (tertiary/aromatic N) is 2. The molecule has 6 nitrogen and oxygen atoms in total. The van der Waals surface area contributed by atoms with Gasteiger partial charge in [0.1, 0.15) is 5.82 Å². The number of carbonyl (C=O) groups excluding carboxylic acids is 1. The summed E-state index contributed by atoms with van der Waals surface area (Å²) in [4.78, 5) is 20.9. The third-order valence-electron chi connectivity index (χ3n) is 5.47. The van der Waals surface area contributed by atoms with Gasteiger partial charge in [-0.2, -0.15) is 0 Å². The van der Waals surface area contributed by atoms with Crippen molar-refractivity contribution < 1.29 is 9.53 Å². The normalized spacial score (nSPS) is 19.1. The highest BCUT2D eigenvalue weighted by molar-refractivity contribution is 5.97. The number of pyridine rings is 2. The minimum Gasteiger partial charge on any atom is -0.379 e. The molecule has 3 heterocycles. The minimum atomic E-state index is -0.478. The number of aromatic nitrogens is 2. The lowest BCUT2D eigenvalue weighted by molar-refractivity contribution is 0.100. The molecule has 0 unspecified atom stereocenters. The average molecular weight is 376 g/mol. The smallest absolute Gasteiger partial charge is 0.252 e. The predicted molar refractivity (Wildman–Crippen MR) is 109 cm³/mol. The topological polar surface area (TPSA) is 90.1 Å². The molecule has 0 bridgehead atoms. The summed E-state index contributed by atoms with van der Waals surface area (Å²) in [5, 5.41) is 4.59. The molecular formula is C22H24N4O2. The van der Waals surface area contributed by atoms with Gasteiger partial charge in [-0.25, -0.2) is 4.98 Å². The van der Waals surface area contributed by atoms with E-state index in [4.69, 9.17) is 10.5 Å². The maximum absolute atomic E-state index is 11.9. The van der Waals surface area contributed by atoms with Crippen molar-refractivity contribution >= 4 is 22.6 Å². The number of ether oxygens (including phenoxy) is 1. The van der Waals surface area contributed by atoms with Crippen molar-refractivity contribution in [3.63, 3.8) is 0 Å². The summed E-state index contributed by atoms with van der Waals surface area (Å²) in [5.41, 5.74) is 10.1. The summed E-state index contributed by atoms with van der Waals surface area (Å²) in [6, 6.07) is 12.1. The Hall–Kier alpha value is -2.99. The Bertz CT molecular complexity index is 1030. The Morgan fingerprint density at radius 2 is 2.07 bits per heavy atom. The summed E-state index contributed by atoms with van der Waals surface area (Å²) in [7, 11) is 0. The zero-order valence-electron chi connectivity index (χ0n) is 16.1. The van der Waals surface area contributed by atoms with Gasteiger partial charge in [0.2, 0.25) is 0 Å². The second-order valence-corrected chi connectivity index (χ2v) is 7.39. The largest absolute Gasteiger partial charge is 0.379 e. The van der Waals surface area contributed by atoms with E-state index >= 15 is 0 Å². The number of carbonyl (C=O) groups is 1. The van der Waals surface area contributed by atoms with Crippen LogP contribution in [0.3, 0.4) is 0 Å². The van der Waals surface area contributed by atoms with Crippen molar-refractivity contribution in [3.05, 3.63) is 65.0 Å². The van der Waals surface area contributed by atoms with Gasteiger partial charge in [0.25, 0.3) is 5.91 Å². The van der Waals surface area contributed by atoms with Crippen LogP contribution in [0.15, 0.2) is 42.6 Å². The van der Waals surface area contributed by atoms with Crippen molar-refractivity contribution in [2.45, 2.75) is 26.3 Å². The van der Waals surface area contributed by atoms with E-state index < -0.39 is 5.91 Å². The van der Waals surface area contributed by atoms with Crippen LogP contribution in [0.1, 0.15) is 27.2 Å². The van der Waals surface area contributed by atoms with Crippen LogP contribution >= 0.6 is 0 Å². The van der Waals surface area contributed by atoms with Crippen molar-refractivity contribution in [1.82, 2.24) is 9.97 Å². The van der Waals surface area contributed by atoms with E-state index in [0.29, 0.717) is 24.6 Å². The Labute approximate surface area is 164 Å². The molecule has 28 heavy (non-hydrogen) atoms. The van der Waals surface area contributed by atoms with Crippen LogP contribution < -0.4 is 11.1 Å². The van der Waals surface area contributed by atoms with E-state index in [0.717, 1.165) is 28.6 Å². The summed E-state index contributed by atoms with van der Waals surface area (Å²) in [6.45, 7) is 5.08. The lowest BCUT2D eigenvalue weighted by Gasteiger charge is -2.22. The molecule has 1 saturated heterocycles. The number of rotatable bonds is 5. The zero-order chi connectivity index (χ0) is 19.7. The first-order valence-corrected chi connectivity index (χ1v) is 9.48. The molecule has 0 spiro atoms. The second kappa shape index (κ2) is 7.56. The number of hydrogen-bond acceptors (Lipinski definition) is 5. The molecule has 0 saturated carbocycles. The lowest BCUT2D eigenvalue weighted by Crippen LogP contribution is -2.31. The number of nitrogens with one attached hydrogen (secondary N) is 1. The van der Waals surface area contributed by atoms with Crippen LogP contribution in [0.5, 0.6) is 0 Å². The first kappa shape index (κ1) is 18.4. The first-order chi connectivity index (χ1) is 13.5. The van der Waals surface area contributed by atoms with Gasteiger partial charge < -0.3 is 15.8 Å². The molecule has 3 aromatic rings. The van der Waals surface area contributed by atoms with Crippen LogP contribution in [0.25, 0.3) is 10.9 Å². The van der Waals surface area contributed by atoms with E-state index in [1.165, 1.54) is 5.56 Å². The van der Waals surface area contributed by atoms with Crippen LogP contribution in [0.2, 0.25) is 0 Å². The number of benzene rings is 1. The van der Waals surface area contributed by atoms with Gasteiger partial charge >= 0.3 is 0 Å². The Kier molecular flexibility index (Phi) is 4.96. The fraction of sp³-hybridized carbons (Fsp3) is 0.318. The van der Waals surface area contributed by atoms with Crippen molar-refractivity contribution in [3.8, 4) is 0 Å². The highest BCUT2D eigenvalue weighted by atomic mass is 16.5. The van der Waals surface area contributed by atoms with E-state index in [1.54, 1.807) is 6.07 Å². The van der Waals surface area contributed by atoms with E-state index in [2.05, 4.69) is 27.4 Å². The van der Waals surface area contributed by atoms with Gasteiger partial charge in [-0.1, -0.05) is 18.2 Å². The number of nitrogens with two attached hydrogens (primary N) is 1. The van der Waals surface area contributed by atoms with Crippen LogP contribution in [-0.2, 0) is 11.2 Å². The van der Waals surface area contributed by atoms with Gasteiger partial charge in [-0.05, 0) is 49.6 Å². The third kappa shape index (κ3) is 3.55. The standard InChI is InChI=1S/C22H24N4O2/c1-13-9-18(21(23)27)22(25-14(13)2)26-20-12-28-11-16(20)10-15-7-8-24-19-6-4-3-5-17(15)19/h3-9,16,20H,10-12H2,1-2H3,(H2,23,27)(H,25,26)/t16-,20+/m1/s1. The maximum atomic E-state index is 11.9. The quantitative estimate of drug-likeness (QED) is 0.714. The summed E-state index contributed by atoms with van der Waals surface area (Å²) in [6.07, 6.45) is 2.71. The Morgan fingerprint density at radius 1 is 1.25 bits per heavy atom. The molecule has 144 valence electrons. The van der Waals surface area contributed by atoms with Gasteiger partial charge in [0.15, 0.2) is 0 Å². The van der Waals surface area contributed by atoms with Crippen LogP contribution in [0.4, 0.5) is 5.82 Å². The highest BCUT2D eigenvalue weighted by Gasteiger charge is 2.30. The monoisotopic (exact) mass is 376 g/mol. The average Bonchev–Trinajstić information content (AvgIpc) is 3.11. The van der Waals surface area contributed by atoms with E-state index in [-0.39, 0.29) is 12.0 Å². The van der Waals surface area contributed by atoms with Crippen molar-refractivity contribution in [2.75, 3.05) is 18.5 Å². The molecule has 2 atom stereocenters. The van der Waals surface area contributed by atoms with Crippen molar-refractivity contribution in [2.24, 2.45) is 11.7 Å². The van der Waals surface area contributed by atoms with Gasteiger partial charge in [-0.3, -0.25) is 9.78 Å². The summed E-state index contributed by atoms with van der Waals surface area (Å²) < 4.78 is 5.76. The molecule has 3 N–H and O–H groups in total. The molecule has 2 aromatic heterocycles. The molecule has 1 aliphatic heterocycles. The first-order valence-electron chi connectivity index (χ1n) is 9.48. The predicted octanol–water partition coefficient (Wildman–Crippen LogP) is 3.02. The fourth-order valence-electron chi connectivity index (χ4n) is 3.75. The minimum absolute atomic E-state index is 0.0552. The number of para-hydroxylation sites is 1.